The molecule has 1 heterocycles. The number of rotatable bonds is 7. The van der Waals surface area contributed by atoms with E-state index in [0.717, 1.165) is 43.6 Å². The number of sulfone groups is 1. The fraction of sp³-hybridized carbons (Fsp3) is 0.435. The molecule has 1 aliphatic carbocycles. The van der Waals surface area contributed by atoms with Crippen LogP contribution in [0, 0.1) is 0 Å². The van der Waals surface area contributed by atoms with Crippen molar-refractivity contribution in [2.45, 2.75) is 42.0 Å². The maximum Gasteiger partial charge on any atom is 0.231 e. The van der Waals surface area contributed by atoms with Gasteiger partial charge in [0.2, 0.25) is 5.91 Å². The molecule has 2 aliphatic rings. The van der Waals surface area contributed by atoms with Crippen LogP contribution in [0.2, 0.25) is 0 Å². The molecule has 4 rings (SSSR count). The van der Waals surface area contributed by atoms with Gasteiger partial charge in [-0.3, -0.25) is 4.79 Å². The minimum absolute atomic E-state index is 0. The van der Waals surface area contributed by atoms with Crippen LogP contribution in [0.15, 0.2) is 59.5 Å². The third-order valence-electron chi connectivity index (χ3n) is 6.15. The van der Waals surface area contributed by atoms with Gasteiger partial charge < -0.3 is 10.2 Å². The zero-order valence-electron chi connectivity index (χ0n) is 17.7. The summed E-state index contributed by atoms with van der Waals surface area (Å²) < 4.78 is 23.9. The van der Waals surface area contributed by atoms with E-state index in [1.807, 2.05) is 24.3 Å². The van der Waals surface area contributed by atoms with E-state index in [1.54, 1.807) is 18.2 Å². The van der Waals surface area contributed by atoms with Crippen LogP contribution in [0.5, 0.6) is 0 Å². The fourth-order valence-electron chi connectivity index (χ4n) is 4.24. The molecule has 0 unspecified atom stereocenters. The lowest BCUT2D eigenvalue weighted by Crippen LogP contribution is -2.41. The molecule has 31 heavy (non-hydrogen) atoms. The van der Waals surface area contributed by atoms with Crippen LogP contribution in [-0.4, -0.2) is 45.1 Å². The average molecular weight is 483 g/mol. The van der Waals surface area contributed by atoms with E-state index in [0.29, 0.717) is 0 Å². The second kappa shape index (κ2) is 10.4. The van der Waals surface area contributed by atoms with Gasteiger partial charge in [-0.05, 0) is 62.0 Å². The third-order valence-corrected chi connectivity index (χ3v) is 7.26. The Labute approximate surface area is 198 Å². The lowest BCUT2D eigenvalue weighted by atomic mass is 9.94. The fourth-order valence-corrected chi connectivity index (χ4v) is 4.90. The minimum Gasteiger partial charge on any atom is -0.347 e. The van der Waals surface area contributed by atoms with E-state index in [9.17, 15) is 13.2 Å². The number of carbonyl (C=O) groups is 1. The second-order valence-corrected chi connectivity index (χ2v) is 10.3. The van der Waals surface area contributed by atoms with E-state index in [-0.39, 0.29) is 42.7 Å². The average Bonchev–Trinajstić information content (AvgIpc) is 3.38. The van der Waals surface area contributed by atoms with Crippen LogP contribution in [0.25, 0.3) is 0 Å². The summed E-state index contributed by atoms with van der Waals surface area (Å²) in [5.41, 5.74) is 1.29. The van der Waals surface area contributed by atoms with Gasteiger partial charge in [-0.15, -0.1) is 12.4 Å². The number of hydrogen-bond acceptors (Lipinski definition) is 4. The number of nitrogens with one attached hydrogen (secondary N) is 1. The first kappa shape index (κ1) is 25.7. The quantitative estimate of drug-likeness (QED) is 0.654. The van der Waals surface area contributed by atoms with Crippen LogP contribution >= 0.6 is 25.9 Å². The smallest absolute Gasteiger partial charge is 0.231 e. The molecule has 1 atom stereocenters. The molecule has 1 N–H and O–H groups in total. The monoisotopic (exact) mass is 482 g/mol. The van der Waals surface area contributed by atoms with Gasteiger partial charge in [0.05, 0.1) is 16.4 Å². The summed E-state index contributed by atoms with van der Waals surface area (Å²) >= 11 is 0. The Balaban J connectivity index is 0.00000171. The molecule has 0 spiro atoms. The Hall–Kier alpha value is -1.54. The van der Waals surface area contributed by atoms with Gasteiger partial charge in [-0.25, -0.2) is 8.42 Å². The zero-order chi connectivity index (χ0) is 20.5. The molecule has 5 nitrogen and oxygen atoms in total. The van der Waals surface area contributed by atoms with Gasteiger partial charge in [0.1, 0.15) is 0 Å². The van der Waals surface area contributed by atoms with Crippen molar-refractivity contribution in [1.29, 1.82) is 0 Å². The van der Waals surface area contributed by atoms with Crippen molar-refractivity contribution < 1.29 is 13.2 Å². The number of nitrogens with zero attached hydrogens (tertiary/aromatic N) is 1. The van der Waals surface area contributed by atoms with Crippen LogP contribution in [-0.2, 0) is 20.0 Å². The summed E-state index contributed by atoms with van der Waals surface area (Å²) in [5, 5.41) is 3.29. The molecule has 1 amide bonds. The first-order valence-electron chi connectivity index (χ1n) is 10.3. The standard InChI is InChI=1S/C23H28N2O3S.ClH.H2S/c1-29(27,28)20-11-7-10-19(16-20)23(12-13-23)22(26)24-21(17-25-14-5-6-15-25)18-8-3-2-4-9-18;;/h2-4,7-11,16,21H,5-6,12-15,17H2,1H3,(H,24,26);1H;1H2/t21-;;/m1../s1. The Morgan fingerprint density at radius 3 is 2.29 bits per heavy atom. The molecule has 0 bridgehead atoms. The van der Waals surface area contributed by atoms with E-state index >= 15 is 0 Å². The Morgan fingerprint density at radius 2 is 1.71 bits per heavy atom. The van der Waals surface area contributed by atoms with Crippen molar-refractivity contribution in [3.05, 3.63) is 65.7 Å². The van der Waals surface area contributed by atoms with Crippen molar-refractivity contribution in [2.75, 3.05) is 25.9 Å². The minimum atomic E-state index is -3.30. The number of likely N-dealkylation sites (tertiary alicyclic amines) is 1. The predicted octanol–water partition coefficient (Wildman–Crippen LogP) is 3.61. The van der Waals surface area contributed by atoms with Gasteiger partial charge in [-0.2, -0.15) is 13.5 Å². The van der Waals surface area contributed by atoms with Crippen molar-refractivity contribution >= 4 is 41.6 Å². The van der Waals surface area contributed by atoms with Gasteiger partial charge in [0.25, 0.3) is 0 Å². The first-order valence-corrected chi connectivity index (χ1v) is 12.2. The topological polar surface area (TPSA) is 66.5 Å². The molecule has 0 radical (unpaired) electrons. The molecule has 1 saturated carbocycles. The summed E-state index contributed by atoms with van der Waals surface area (Å²) in [6, 6.07) is 16.9. The van der Waals surface area contributed by atoms with Crippen molar-refractivity contribution in [1.82, 2.24) is 10.2 Å². The predicted molar refractivity (Wildman–Crippen MR) is 131 cm³/mol. The highest BCUT2D eigenvalue weighted by molar-refractivity contribution is 7.90. The Bertz CT molecular complexity index is 989. The van der Waals surface area contributed by atoms with E-state index in [2.05, 4.69) is 22.3 Å². The van der Waals surface area contributed by atoms with Crippen LogP contribution in [0.3, 0.4) is 0 Å². The van der Waals surface area contributed by atoms with Crippen LogP contribution in [0.1, 0.15) is 42.9 Å². The largest absolute Gasteiger partial charge is 0.347 e. The molecule has 2 aromatic carbocycles. The van der Waals surface area contributed by atoms with Crippen LogP contribution in [0.4, 0.5) is 0 Å². The zero-order valence-corrected chi connectivity index (χ0v) is 20.3. The molecule has 1 saturated heterocycles. The lowest BCUT2D eigenvalue weighted by Gasteiger charge is -2.27. The SMILES string of the molecule is CS(=O)(=O)c1cccc(C2(C(=O)N[C@H](CN3CCCC3)c3ccccc3)CC2)c1.Cl.S. The van der Waals surface area contributed by atoms with Crippen molar-refractivity contribution in [3.63, 3.8) is 0 Å². The first-order chi connectivity index (χ1) is 13.9. The molecular formula is C23H31ClN2O3S2. The highest BCUT2D eigenvalue weighted by atomic mass is 35.5. The molecule has 2 fully saturated rings. The Morgan fingerprint density at radius 1 is 1.06 bits per heavy atom. The number of carbonyl (C=O) groups excluding carboxylic acids is 1. The van der Waals surface area contributed by atoms with Gasteiger partial charge >= 0.3 is 0 Å². The number of halogens is 1. The number of amides is 1. The van der Waals surface area contributed by atoms with Crippen molar-refractivity contribution in [2.24, 2.45) is 0 Å². The normalized spacial score (nSPS) is 18.4. The highest BCUT2D eigenvalue weighted by Crippen LogP contribution is 2.49. The number of hydrogen-bond donors (Lipinski definition) is 1. The molecule has 170 valence electrons. The van der Waals surface area contributed by atoms with Gasteiger partial charge in [-0.1, -0.05) is 42.5 Å². The van der Waals surface area contributed by atoms with Crippen LogP contribution < -0.4 is 5.32 Å². The van der Waals surface area contributed by atoms with Gasteiger partial charge in [0.15, 0.2) is 9.84 Å². The number of benzene rings is 2. The summed E-state index contributed by atoms with van der Waals surface area (Å²) in [5.74, 6) is -0.00352. The molecule has 8 heteroatoms. The maximum atomic E-state index is 13.4. The summed E-state index contributed by atoms with van der Waals surface area (Å²) in [4.78, 5) is 16.0. The summed E-state index contributed by atoms with van der Waals surface area (Å²) in [6.45, 7) is 2.94. The van der Waals surface area contributed by atoms with E-state index < -0.39 is 15.3 Å². The lowest BCUT2D eigenvalue weighted by molar-refractivity contribution is -0.124. The molecular weight excluding hydrogens is 452 g/mol. The molecule has 1 aliphatic heterocycles. The van der Waals surface area contributed by atoms with E-state index in [4.69, 9.17) is 0 Å². The Kier molecular flexibility index (Phi) is 8.62. The summed E-state index contributed by atoms with van der Waals surface area (Å²) in [7, 11) is -3.30. The second-order valence-electron chi connectivity index (χ2n) is 8.33. The maximum absolute atomic E-state index is 13.4. The van der Waals surface area contributed by atoms with Crippen molar-refractivity contribution in [3.8, 4) is 0 Å². The molecule has 0 aromatic heterocycles. The highest BCUT2D eigenvalue weighted by Gasteiger charge is 2.52. The molecule has 2 aromatic rings. The van der Waals surface area contributed by atoms with Gasteiger partial charge in [0, 0.05) is 12.8 Å². The van der Waals surface area contributed by atoms with E-state index in [1.165, 1.54) is 19.1 Å². The summed E-state index contributed by atoms with van der Waals surface area (Å²) in [6.07, 6.45) is 5.11. The third kappa shape index (κ3) is 5.83.